The molecule has 4 amide bonds. The second-order valence-corrected chi connectivity index (χ2v) is 12.5. The van der Waals surface area contributed by atoms with Crippen LogP contribution < -0.4 is 9.80 Å². The number of hydrogen-bond donors (Lipinski definition) is 1. The Balaban J connectivity index is 1.39. The number of allylic oxidation sites excluding steroid dienone is 2. The number of phenolic OH excluding ortho intramolecular Hbond substituents is 1. The molecule has 6 atom stereocenters. The first-order valence-corrected chi connectivity index (χ1v) is 14.6. The van der Waals surface area contributed by atoms with Crippen LogP contribution in [-0.4, -0.2) is 28.7 Å². The standard InChI is InChI=1S/C33H27BrN2O5/c1-33-25(30(39)36(32(33)41)20-10-6-3-7-11-20)17-23-21(28(33)24-16-18(34)12-15-26(24)37)13-14-22-27(23)31(40)35(29(22)38)19-8-4-2-5-9-19/h2-13,15-16,22-23,25,27-28,37H,14,17H2,1H3. The predicted molar refractivity (Wildman–Crippen MR) is 156 cm³/mol. The molecule has 3 fully saturated rings. The van der Waals surface area contributed by atoms with E-state index in [0.717, 1.165) is 10.0 Å². The van der Waals surface area contributed by atoms with Gasteiger partial charge in [-0.3, -0.25) is 24.1 Å². The van der Waals surface area contributed by atoms with Crippen LogP contribution in [0.4, 0.5) is 11.4 Å². The average molecular weight is 611 g/mol. The number of fused-ring (bicyclic) bond motifs is 4. The van der Waals surface area contributed by atoms with Crippen LogP contribution in [0.25, 0.3) is 0 Å². The first kappa shape index (κ1) is 25.9. The van der Waals surface area contributed by atoms with E-state index in [9.17, 15) is 24.3 Å². The number of anilines is 2. The minimum atomic E-state index is -1.20. The zero-order valence-electron chi connectivity index (χ0n) is 22.2. The lowest BCUT2D eigenvalue weighted by Crippen LogP contribution is -2.48. The van der Waals surface area contributed by atoms with Gasteiger partial charge in [-0.25, -0.2) is 4.90 Å². The molecule has 41 heavy (non-hydrogen) atoms. The van der Waals surface area contributed by atoms with Gasteiger partial charge in [0.25, 0.3) is 0 Å². The van der Waals surface area contributed by atoms with Crippen LogP contribution in [0, 0.1) is 29.1 Å². The number of halogens is 1. The summed E-state index contributed by atoms with van der Waals surface area (Å²) in [6, 6.07) is 22.9. The summed E-state index contributed by atoms with van der Waals surface area (Å²) in [4.78, 5) is 58.7. The fourth-order valence-electron chi connectivity index (χ4n) is 7.77. The maximum absolute atomic E-state index is 14.4. The number of carbonyl (C=O) groups is 4. The highest BCUT2D eigenvalue weighted by atomic mass is 79.9. The molecule has 1 saturated carbocycles. The SMILES string of the molecule is CC12C(=O)N(c3ccccc3)C(=O)C1CC1C(=CCC3C(=O)N(c4ccccc4)C(=O)C31)C2c1cc(Br)ccc1O. The van der Waals surface area contributed by atoms with Crippen LogP contribution in [0.2, 0.25) is 0 Å². The molecular formula is C33H27BrN2O5. The molecule has 206 valence electrons. The van der Waals surface area contributed by atoms with Crippen LogP contribution in [0.5, 0.6) is 5.75 Å². The van der Waals surface area contributed by atoms with E-state index in [1.165, 1.54) is 9.80 Å². The van der Waals surface area contributed by atoms with Crippen molar-refractivity contribution in [1.29, 1.82) is 0 Å². The van der Waals surface area contributed by atoms with Crippen molar-refractivity contribution >= 4 is 50.9 Å². The normalized spacial score (nSPS) is 30.7. The molecule has 7 nitrogen and oxygen atoms in total. The molecule has 1 N–H and O–H groups in total. The van der Waals surface area contributed by atoms with Gasteiger partial charge in [-0.05, 0) is 68.1 Å². The summed E-state index contributed by atoms with van der Waals surface area (Å²) in [5.41, 5.74) is 1.18. The van der Waals surface area contributed by atoms with Gasteiger partial charge in [-0.2, -0.15) is 0 Å². The smallest absolute Gasteiger partial charge is 0.241 e. The number of amides is 4. The summed E-state index contributed by atoms with van der Waals surface area (Å²) >= 11 is 3.51. The highest BCUT2D eigenvalue weighted by molar-refractivity contribution is 9.10. The average Bonchev–Trinajstić information content (AvgIpc) is 3.35. The van der Waals surface area contributed by atoms with E-state index in [2.05, 4.69) is 15.9 Å². The fraction of sp³-hybridized carbons (Fsp3) is 0.273. The van der Waals surface area contributed by atoms with E-state index in [4.69, 9.17) is 0 Å². The summed E-state index contributed by atoms with van der Waals surface area (Å²) in [6.45, 7) is 1.81. The molecule has 0 radical (unpaired) electrons. The Labute approximate surface area is 245 Å². The van der Waals surface area contributed by atoms with Crippen LogP contribution in [0.3, 0.4) is 0 Å². The van der Waals surface area contributed by atoms with E-state index >= 15 is 0 Å². The van der Waals surface area contributed by atoms with E-state index in [-0.39, 0.29) is 35.8 Å². The first-order valence-electron chi connectivity index (χ1n) is 13.8. The summed E-state index contributed by atoms with van der Waals surface area (Å²) in [7, 11) is 0. The number of rotatable bonds is 3. The van der Waals surface area contributed by atoms with Crippen molar-refractivity contribution in [2.75, 3.05) is 9.80 Å². The zero-order valence-corrected chi connectivity index (χ0v) is 23.8. The molecule has 2 heterocycles. The number of para-hydroxylation sites is 2. The van der Waals surface area contributed by atoms with Crippen molar-refractivity contribution < 1.29 is 24.3 Å². The minimum absolute atomic E-state index is 0.0139. The second kappa shape index (κ2) is 9.24. The molecule has 3 aromatic rings. The quantitative estimate of drug-likeness (QED) is 0.308. The van der Waals surface area contributed by atoms with Gasteiger partial charge in [0.15, 0.2) is 0 Å². The molecule has 2 aliphatic carbocycles. The number of benzene rings is 3. The number of hydrogen-bond acceptors (Lipinski definition) is 5. The monoisotopic (exact) mass is 610 g/mol. The second-order valence-electron chi connectivity index (χ2n) is 11.5. The van der Waals surface area contributed by atoms with Gasteiger partial charge in [-0.1, -0.05) is 64.0 Å². The molecule has 2 aliphatic heterocycles. The molecule has 0 bridgehead atoms. The van der Waals surface area contributed by atoms with Crippen LogP contribution in [0.15, 0.2) is 95.0 Å². The Morgan fingerprint density at radius 1 is 0.805 bits per heavy atom. The van der Waals surface area contributed by atoms with Gasteiger partial charge in [-0.15, -0.1) is 0 Å². The number of phenols is 1. The molecule has 2 saturated heterocycles. The number of carbonyl (C=O) groups excluding carboxylic acids is 4. The van der Waals surface area contributed by atoms with Gasteiger partial charge < -0.3 is 5.11 Å². The van der Waals surface area contributed by atoms with Gasteiger partial charge in [0, 0.05) is 16.0 Å². The molecule has 0 aromatic heterocycles. The van der Waals surface area contributed by atoms with E-state index in [1.54, 1.807) is 66.7 Å². The van der Waals surface area contributed by atoms with Crippen molar-refractivity contribution in [2.45, 2.75) is 25.7 Å². The van der Waals surface area contributed by atoms with Crippen LogP contribution in [0.1, 0.15) is 31.2 Å². The fourth-order valence-corrected chi connectivity index (χ4v) is 8.15. The predicted octanol–water partition coefficient (Wildman–Crippen LogP) is 5.59. The Hall–Kier alpha value is -4.04. The molecule has 6 unspecified atom stereocenters. The van der Waals surface area contributed by atoms with E-state index < -0.39 is 35.0 Å². The van der Waals surface area contributed by atoms with Crippen molar-refractivity contribution in [3.05, 3.63) is 101 Å². The number of nitrogens with zero attached hydrogens (tertiary/aromatic N) is 2. The van der Waals surface area contributed by atoms with Crippen molar-refractivity contribution in [1.82, 2.24) is 0 Å². The zero-order chi connectivity index (χ0) is 28.6. The number of imide groups is 2. The third kappa shape index (κ3) is 3.56. The summed E-state index contributed by atoms with van der Waals surface area (Å²) < 4.78 is 0.723. The molecule has 3 aromatic carbocycles. The number of aromatic hydroxyl groups is 1. The maximum Gasteiger partial charge on any atom is 0.241 e. The molecular weight excluding hydrogens is 584 g/mol. The lowest BCUT2D eigenvalue weighted by molar-refractivity contribution is -0.131. The third-order valence-electron chi connectivity index (χ3n) is 9.60. The molecule has 8 heteroatoms. The molecule has 4 aliphatic rings. The lowest BCUT2D eigenvalue weighted by Gasteiger charge is -2.49. The summed E-state index contributed by atoms with van der Waals surface area (Å²) in [6.07, 6.45) is 2.60. The van der Waals surface area contributed by atoms with Crippen molar-refractivity contribution in [3.63, 3.8) is 0 Å². The Bertz CT molecular complexity index is 1650. The van der Waals surface area contributed by atoms with Gasteiger partial charge in [0.1, 0.15) is 5.75 Å². The maximum atomic E-state index is 14.4. The first-order chi connectivity index (χ1) is 19.7. The van der Waals surface area contributed by atoms with Crippen molar-refractivity contribution in [3.8, 4) is 5.75 Å². The minimum Gasteiger partial charge on any atom is -0.508 e. The lowest BCUT2D eigenvalue weighted by atomic mass is 9.51. The third-order valence-corrected chi connectivity index (χ3v) is 10.1. The van der Waals surface area contributed by atoms with Crippen LogP contribution in [-0.2, 0) is 19.2 Å². The highest BCUT2D eigenvalue weighted by Crippen LogP contribution is 2.64. The highest BCUT2D eigenvalue weighted by Gasteiger charge is 2.68. The van der Waals surface area contributed by atoms with Gasteiger partial charge in [0.05, 0.1) is 34.5 Å². The van der Waals surface area contributed by atoms with Gasteiger partial charge in [0.2, 0.25) is 23.6 Å². The topological polar surface area (TPSA) is 95.0 Å². The molecule has 0 spiro atoms. The van der Waals surface area contributed by atoms with Gasteiger partial charge >= 0.3 is 0 Å². The Kier molecular flexibility index (Phi) is 5.84. The Morgan fingerprint density at radius 3 is 2.10 bits per heavy atom. The Morgan fingerprint density at radius 2 is 1.44 bits per heavy atom. The molecule has 7 rings (SSSR count). The van der Waals surface area contributed by atoms with Crippen molar-refractivity contribution in [2.24, 2.45) is 29.1 Å². The van der Waals surface area contributed by atoms with E-state index in [1.807, 2.05) is 25.1 Å². The van der Waals surface area contributed by atoms with Crippen LogP contribution >= 0.6 is 15.9 Å². The largest absolute Gasteiger partial charge is 0.508 e. The summed E-state index contributed by atoms with van der Waals surface area (Å²) in [5.74, 6) is -4.20. The van der Waals surface area contributed by atoms with E-state index in [0.29, 0.717) is 23.4 Å². The summed E-state index contributed by atoms with van der Waals surface area (Å²) in [5, 5.41) is 11.1.